The second-order valence-corrected chi connectivity index (χ2v) is 22.4. The lowest BCUT2D eigenvalue weighted by Gasteiger charge is -2.18. The van der Waals surface area contributed by atoms with Gasteiger partial charge in [0.15, 0.2) is 6.10 Å². The zero-order valence-electron chi connectivity index (χ0n) is 52.1. The fourth-order valence-electron chi connectivity index (χ4n) is 9.59. The van der Waals surface area contributed by atoms with Crippen LogP contribution in [-0.4, -0.2) is 37.2 Å². The number of allylic oxidation sites excluding steroid dienone is 15. The first-order valence-electron chi connectivity index (χ1n) is 33.7. The standard InChI is InChI=1S/C73H126O6/c1-4-7-10-13-16-19-22-25-28-29-30-31-32-33-34-35-36-37-38-39-40-41-42-43-46-48-51-54-57-60-63-66-72(75)78-69-70(79-73(76)67-64-61-58-55-52-49-45-27-24-21-18-15-12-9-6-3)68-77-71(74)65-62-59-56-53-50-47-44-26-23-20-17-14-11-8-5-2/h9,12,18,21-22,25,27,29-30,32-33,45,52,55,61,64,70H,4-8,10-11,13-17,19-20,23-24,26,28,31,34-44,46-51,53-54,56-60,62-63,65-69H2,1-3H3/b12-9-,21-18-,25-22-,30-29-,33-32-,45-27-,55-52-,64-61-. The zero-order valence-corrected chi connectivity index (χ0v) is 52.1. The first kappa shape index (κ1) is 75.3. The molecule has 454 valence electrons. The van der Waals surface area contributed by atoms with Crippen molar-refractivity contribution in [1.82, 2.24) is 0 Å². The van der Waals surface area contributed by atoms with E-state index in [1.807, 2.05) is 6.08 Å². The minimum atomic E-state index is -0.831. The summed E-state index contributed by atoms with van der Waals surface area (Å²) in [5.41, 5.74) is 0. The highest BCUT2D eigenvalue weighted by Gasteiger charge is 2.19. The van der Waals surface area contributed by atoms with Gasteiger partial charge in [0, 0.05) is 12.8 Å². The van der Waals surface area contributed by atoms with E-state index < -0.39 is 12.1 Å². The molecule has 0 aromatic rings. The Hall–Kier alpha value is -3.67. The molecule has 0 aromatic carbocycles. The molecule has 1 unspecified atom stereocenters. The summed E-state index contributed by atoms with van der Waals surface area (Å²) in [7, 11) is 0. The van der Waals surface area contributed by atoms with Gasteiger partial charge >= 0.3 is 17.9 Å². The predicted octanol–water partition coefficient (Wildman–Crippen LogP) is 23.2. The van der Waals surface area contributed by atoms with Crippen LogP contribution in [0, 0.1) is 0 Å². The van der Waals surface area contributed by atoms with E-state index in [1.54, 1.807) is 6.08 Å². The molecule has 0 saturated heterocycles. The zero-order chi connectivity index (χ0) is 57.1. The second-order valence-electron chi connectivity index (χ2n) is 22.4. The van der Waals surface area contributed by atoms with Crippen LogP contribution in [0.5, 0.6) is 0 Å². The number of esters is 3. The van der Waals surface area contributed by atoms with E-state index in [2.05, 4.69) is 106 Å². The van der Waals surface area contributed by atoms with E-state index in [1.165, 1.54) is 205 Å². The quantitative estimate of drug-likeness (QED) is 0.0261. The summed E-state index contributed by atoms with van der Waals surface area (Å²) in [5.74, 6) is -1.03. The minimum Gasteiger partial charge on any atom is -0.462 e. The normalized spacial score (nSPS) is 12.7. The first-order chi connectivity index (χ1) is 39.0. The summed E-state index contributed by atoms with van der Waals surface area (Å²) in [4.78, 5) is 38.2. The first-order valence-corrected chi connectivity index (χ1v) is 33.7. The lowest BCUT2D eigenvalue weighted by molar-refractivity contribution is -0.166. The number of carbonyl (C=O) groups excluding carboxylic acids is 3. The summed E-state index contributed by atoms with van der Waals surface area (Å²) in [5, 5.41) is 0. The Bertz CT molecular complexity index is 1540. The molecule has 0 aromatic heterocycles. The van der Waals surface area contributed by atoms with Crippen LogP contribution in [0.3, 0.4) is 0 Å². The number of hydrogen-bond donors (Lipinski definition) is 0. The number of hydrogen-bond acceptors (Lipinski definition) is 6. The molecule has 6 heteroatoms. The van der Waals surface area contributed by atoms with E-state index in [4.69, 9.17) is 14.2 Å². The van der Waals surface area contributed by atoms with E-state index in [9.17, 15) is 14.4 Å². The molecule has 0 aliphatic heterocycles. The monoisotopic (exact) mass is 1100 g/mol. The summed E-state index contributed by atoms with van der Waals surface area (Å²) in [6.07, 6.45) is 90.3. The van der Waals surface area contributed by atoms with Gasteiger partial charge in [0.2, 0.25) is 0 Å². The minimum absolute atomic E-state index is 0.0984. The highest BCUT2D eigenvalue weighted by molar-refractivity contribution is 5.72. The Morgan fingerprint density at radius 1 is 0.278 bits per heavy atom. The molecule has 0 heterocycles. The SMILES string of the molecule is CC/C=C\C/C=C\C/C=C\C/C=C\C/C=C\CC(=O)OC(COC(=O)CCCCCCCCCCCCCCCCC)COC(=O)CCCCCCCCCCCCCCCCCC/C=C\C/C=C\C/C=C\CCCCCCC. The molecule has 0 N–H and O–H groups in total. The molecule has 0 radical (unpaired) electrons. The Morgan fingerprint density at radius 2 is 0.532 bits per heavy atom. The third kappa shape index (κ3) is 65.0. The van der Waals surface area contributed by atoms with Crippen LogP contribution in [-0.2, 0) is 28.6 Å². The Balaban J connectivity index is 4.26. The summed E-state index contributed by atoms with van der Waals surface area (Å²) in [6, 6.07) is 0. The van der Waals surface area contributed by atoms with Crippen LogP contribution < -0.4 is 0 Å². The highest BCUT2D eigenvalue weighted by atomic mass is 16.6. The number of carbonyl (C=O) groups is 3. The van der Waals surface area contributed by atoms with Gasteiger partial charge in [-0.25, -0.2) is 0 Å². The van der Waals surface area contributed by atoms with E-state index in [0.29, 0.717) is 12.8 Å². The lowest BCUT2D eigenvalue weighted by atomic mass is 10.0. The van der Waals surface area contributed by atoms with Crippen molar-refractivity contribution in [3.8, 4) is 0 Å². The lowest BCUT2D eigenvalue weighted by Crippen LogP contribution is -2.30. The van der Waals surface area contributed by atoms with Crippen molar-refractivity contribution >= 4 is 17.9 Å². The molecule has 0 saturated carbocycles. The highest BCUT2D eigenvalue weighted by Crippen LogP contribution is 2.17. The molecule has 0 amide bonds. The molecule has 79 heavy (non-hydrogen) atoms. The van der Waals surface area contributed by atoms with Crippen LogP contribution in [0.2, 0.25) is 0 Å². The average Bonchev–Trinajstić information content (AvgIpc) is 3.45. The molecule has 0 bridgehead atoms. The van der Waals surface area contributed by atoms with Crippen LogP contribution in [0.25, 0.3) is 0 Å². The maximum atomic E-state index is 12.8. The van der Waals surface area contributed by atoms with Gasteiger partial charge in [-0.2, -0.15) is 0 Å². The molecular formula is C73H126O6. The van der Waals surface area contributed by atoms with Crippen molar-refractivity contribution in [2.45, 2.75) is 335 Å². The molecule has 6 nitrogen and oxygen atoms in total. The van der Waals surface area contributed by atoms with Crippen LogP contribution in [0.15, 0.2) is 97.2 Å². The number of rotatable bonds is 61. The number of unbranched alkanes of at least 4 members (excludes halogenated alkanes) is 35. The second kappa shape index (κ2) is 66.8. The smallest absolute Gasteiger partial charge is 0.310 e. The van der Waals surface area contributed by atoms with E-state index in [0.717, 1.165) is 83.5 Å². The van der Waals surface area contributed by atoms with Gasteiger partial charge in [-0.05, 0) is 83.5 Å². The van der Waals surface area contributed by atoms with Crippen molar-refractivity contribution in [2.24, 2.45) is 0 Å². The molecular weight excluding hydrogens is 973 g/mol. The van der Waals surface area contributed by atoms with Crippen molar-refractivity contribution in [2.75, 3.05) is 13.2 Å². The fourth-order valence-corrected chi connectivity index (χ4v) is 9.59. The summed E-state index contributed by atoms with van der Waals surface area (Å²) < 4.78 is 16.8. The van der Waals surface area contributed by atoms with Crippen molar-refractivity contribution in [1.29, 1.82) is 0 Å². The Morgan fingerprint density at radius 3 is 0.835 bits per heavy atom. The largest absolute Gasteiger partial charge is 0.462 e. The van der Waals surface area contributed by atoms with Gasteiger partial charge in [0.1, 0.15) is 13.2 Å². The molecule has 1 atom stereocenters. The maximum Gasteiger partial charge on any atom is 0.310 e. The van der Waals surface area contributed by atoms with Gasteiger partial charge in [-0.1, -0.05) is 323 Å². The van der Waals surface area contributed by atoms with Gasteiger partial charge < -0.3 is 14.2 Å². The predicted molar refractivity (Wildman–Crippen MR) is 344 cm³/mol. The third-order valence-electron chi connectivity index (χ3n) is 14.6. The number of ether oxygens (including phenoxy) is 3. The van der Waals surface area contributed by atoms with Gasteiger partial charge in [-0.15, -0.1) is 0 Å². The molecule has 0 aliphatic carbocycles. The van der Waals surface area contributed by atoms with Crippen molar-refractivity contribution in [3.63, 3.8) is 0 Å². The van der Waals surface area contributed by atoms with Gasteiger partial charge in [-0.3, -0.25) is 14.4 Å². The topological polar surface area (TPSA) is 78.9 Å². The van der Waals surface area contributed by atoms with E-state index in [-0.39, 0.29) is 31.6 Å². The summed E-state index contributed by atoms with van der Waals surface area (Å²) >= 11 is 0. The third-order valence-corrected chi connectivity index (χ3v) is 14.6. The van der Waals surface area contributed by atoms with Crippen LogP contribution in [0.1, 0.15) is 329 Å². The van der Waals surface area contributed by atoms with Gasteiger partial charge in [0.05, 0.1) is 6.42 Å². The molecule has 0 fully saturated rings. The van der Waals surface area contributed by atoms with Crippen molar-refractivity contribution < 1.29 is 28.6 Å². The van der Waals surface area contributed by atoms with Crippen LogP contribution in [0.4, 0.5) is 0 Å². The Kier molecular flexibility index (Phi) is 63.7. The Labute approximate surface area is 489 Å². The molecule has 0 aliphatic rings. The summed E-state index contributed by atoms with van der Waals surface area (Å²) in [6.45, 7) is 6.47. The molecule has 0 spiro atoms. The molecule has 0 rings (SSSR count). The maximum absolute atomic E-state index is 12.8. The fraction of sp³-hybridized carbons (Fsp3) is 0.740. The van der Waals surface area contributed by atoms with Crippen molar-refractivity contribution in [3.05, 3.63) is 97.2 Å². The van der Waals surface area contributed by atoms with E-state index >= 15 is 0 Å². The average molecular weight is 1100 g/mol. The van der Waals surface area contributed by atoms with Crippen LogP contribution >= 0.6 is 0 Å². The van der Waals surface area contributed by atoms with Gasteiger partial charge in [0.25, 0.3) is 0 Å².